The van der Waals surface area contributed by atoms with Crippen LogP contribution in [-0.2, 0) is 0 Å². The lowest BCUT2D eigenvalue weighted by Gasteiger charge is -2.26. The van der Waals surface area contributed by atoms with E-state index in [0.717, 1.165) is 34.8 Å². The van der Waals surface area contributed by atoms with E-state index in [0.29, 0.717) is 6.04 Å². The molecule has 1 aliphatic heterocycles. The Hall–Kier alpha value is -1.95. The van der Waals surface area contributed by atoms with Crippen molar-refractivity contribution in [3.8, 4) is 5.75 Å². The number of hydrogen-bond acceptors (Lipinski definition) is 4. The van der Waals surface area contributed by atoms with Crippen molar-refractivity contribution >= 4 is 22.6 Å². The summed E-state index contributed by atoms with van der Waals surface area (Å²) in [5.74, 6) is 1.03. The normalized spacial score (nSPS) is 21.4. The summed E-state index contributed by atoms with van der Waals surface area (Å²) >= 11 is 1.60. The number of nitrogens with zero attached hydrogens (tertiary/aromatic N) is 2. The average molecular weight is 343 g/mol. The highest BCUT2D eigenvalue weighted by atomic mass is 32.2. The Bertz CT molecular complexity index is 829. The Labute approximate surface area is 144 Å². The molecule has 1 saturated carbocycles. The van der Waals surface area contributed by atoms with Gasteiger partial charge in [-0.3, -0.25) is 14.6 Å². The van der Waals surface area contributed by atoms with Crippen molar-refractivity contribution in [3.05, 3.63) is 45.7 Å². The predicted molar refractivity (Wildman–Crippen MR) is 97.5 cm³/mol. The lowest BCUT2D eigenvalue weighted by molar-refractivity contribution is 0.331. The first-order valence-electron chi connectivity index (χ1n) is 8.49. The Morgan fingerprint density at radius 2 is 1.92 bits per heavy atom. The second-order valence-electron chi connectivity index (χ2n) is 6.56. The van der Waals surface area contributed by atoms with Gasteiger partial charge in [-0.1, -0.05) is 43.2 Å². The predicted octanol–water partition coefficient (Wildman–Crippen LogP) is 4.27. The molecule has 4 rings (SSSR count). The Balaban J connectivity index is 1.80. The van der Waals surface area contributed by atoms with E-state index in [4.69, 9.17) is 4.99 Å². The van der Waals surface area contributed by atoms with Gasteiger partial charge in [0.05, 0.1) is 21.9 Å². The summed E-state index contributed by atoms with van der Waals surface area (Å²) in [5, 5.41) is 13.5. The first-order chi connectivity index (χ1) is 11.6. The van der Waals surface area contributed by atoms with Crippen LogP contribution in [0.4, 0.5) is 5.82 Å². The summed E-state index contributed by atoms with van der Waals surface area (Å²) in [4.78, 5) is 17.4. The lowest BCUT2D eigenvalue weighted by Crippen LogP contribution is -2.16. The van der Waals surface area contributed by atoms with Crippen molar-refractivity contribution in [1.82, 2.24) is 9.78 Å². The van der Waals surface area contributed by atoms with E-state index in [-0.39, 0.29) is 16.6 Å². The smallest absolute Gasteiger partial charge is 0.271 e. The van der Waals surface area contributed by atoms with Crippen molar-refractivity contribution in [2.45, 2.75) is 50.3 Å². The van der Waals surface area contributed by atoms with E-state index in [2.05, 4.69) is 5.10 Å². The third-order valence-corrected chi connectivity index (χ3v) is 6.06. The molecule has 0 bridgehead atoms. The third-order valence-electron chi connectivity index (χ3n) is 4.89. The average Bonchev–Trinajstić information content (AvgIpc) is 2.92. The highest BCUT2D eigenvalue weighted by Gasteiger charge is 2.32. The Morgan fingerprint density at radius 1 is 1.21 bits per heavy atom. The number of phenols is 1. The molecule has 2 heterocycles. The number of benzene rings is 1. The van der Waals surface area contributed by atoms with E-state index < -0.39 is 0 Å². The zero-order valence-electron chi connectivity index (χ0n) is 13.7. The van der Waals surface area contributed by atoms with Crippen LogP contribution in [0.2, 0.25) is 0 Å². The zero-order chi connectivity index (χ0) is 16.7. The molecule has 1 aliphatic carbocycles. The number of fused-ring (bicyclic) bond motifs is 1. The zero-order valence-corrected chi connectivity index (χ0v) is 14.5. The van der Waals surface area contributed by atoms with Crippen molar-refractivity contribution in [1.29, 1.82) is 0 Å². The largest absolute Gasteiger partial charge is 0.508 e. The first-order valence-corrected chi connectivity index (χ1v) is 9.37. The van der Waals surface area contributed by atoms with Gasteiger partial charge in [-0.15, -0.1) is 0 Å². The van der Waals surface area contributed by atoms with Crippen LogP contribution in [0, 0.1) is 0 Å². The minimum atomic E-state index is -0.0771. The summed E-state index contributed by atoms with van der Waals surface area (Å²) in [6.07, 6.45) is 5.89. The van der Waals surface area contributed by atoms with Gasteiger partial charge < -0.3 is 5.11 Å². The molecule has 5 nitrogen and oxygen atoms in total. The maximum absolute atomic E-state index is 12.7. The molecule has 0 radical (unpaired) electrons. The molecular formula is C18H21N3O2S. The number of hydrogen-bond donors (Lipinski definition) is 2. The van der Waals surface area contributed by atoms with Crippen LogP contribution in [0.15, 0.2) is 34.1 Å². The highest BCUT2D eigenvalue weighted by molar-refractivity contribution is 8.14. The minimum Gasteiger partial charge on any atom is -0.508 e. The van der Waals surface area contributed by atoms with E-state index in [1.807, 2.05) is 23.7 Å². The molecule has 2 N–H and O–H groups in total. The van der Waals surface area contributed by atoms with Crippen LogP contribution in [0.25, 0.3) is 0 Å². The summed E-state index contributed by atoms with van der Waals surface area (Å²) in [6.45, 7) is 1.99. The van der Waals surface area contributed by atoms with E-state index >= 15 is 0 Å². The fraction of sp³-hybridized carbons (Fsp3) is 0.444. The van der Waals surface area contributed by atoms with Gasteiger partial charge in [-0.2, -0.15) is 0 Å². The molecule has 0 saturated heterocycles. The third kappa shape index (κ3) is 2.69. The topological polar surface area (TPSA) is 70.4 Å². The van der Waals surface area contributed by atoms with Crippen LogP contribution < -0.4 is 5.56 Å². The molecule has 0 amide bonds. The fourth-order valence-corrected chi connectivity index (χ4v) is 4.80. The van der Waals surface area contributed by atoms with Crippen LogP contribution in [0.1, 0.15) is 61.4 Å². The summed E-state index contributed by atoms with van der Waals surface area (Å²) < 4.78 is 2.01. The summed E-state index contributed by atoms with van der Waals surface area (Å²) in [7, 11) is 0. The van der Waals surface area contributed by atoms with Gasteiger partial charge in [-0.25, -0.2) is 4.99 Å². The van der Waals surface area contributed by atoms with Crippen molar-refractivity contribution < 1.29 is 5.11 Å². The SMILES string of the molecule is CC1=Nc2c(c(=O)[nH]n2C2CCCCC2)C(c2ccc(O)cc2)S1. The van der Waals surface area contributed by atoms with Crippen LogP contribution in [0.5, 0.6) is 5.75 Å². The fourth-order valence-electron chi connectivity index (χ4n) is 3.70. The minimum absolute atomic E-state index is 0.0441. The van der Waals surface area contributed by atoms with Crippen molar-refractivity contribution in [2.75, 3.05) is 0 Å². The van der Waals surface area contributed by atoms with Gasteiger partial charge in [0.25, 0.3) is 5.56 Å². The number of phenolic OH excluding ortho intramolecular Hbond substituents is 1. The van der Waals surface area contributed by atoms with Gasteiger partial charge in [0, 0.05) is 0 Å². The Kier molecular flexibility index (Phi) is 4.00. The summed E-state index contributed by atoms with van der Waals surface area (Å²) in [5.41, 5.74) is 1.71. The number of nitrogens with one attached hydrogen (secondary N) is 1. The maximum atomic E-state index is 12.7. The molecule has 2 aromatic rings. The number of aliphatic imine (C=N–C) groups is 1. The number of thioether (sulfide) groups is 1. The molecule has 6 heteroatoms. The molecule has 1 unspecified atom stereocenters. The van der Waals surface area contributed by atoms with Crippen LogP contribution in [0.3, 0.4) is 0 Å². The van der Waals surface area contributed by atoms with Crippen molar-refractivity contribution in [3.63, 3.8) is 0 Å². The van der Waals surface area contributed by atoms with Gasteiger partial charge in [0.15, 0.2) is 5.82 Å². The number of rotatable bonds is 2. The molecule has 126 valence electrons. The van der Waals surface area contributed by atoms with E-state index in [1.54, 1.807) is 23.9 Å². The maximum Gasteiger partial charge on any atom is 0.271 e. The molecule has 24 heavy (non-hydrogen) atoms. The molecule has 0 spiro atoms. The van der Waals surface area contributed by atoms with Gasteiger partial charge in [0.1, 0.15) is 5.75 Å². The first kappa shape index (κ1) is 15.6. The monoisotopic (exact) mass is 343 g/mol. The van der Waals surface area contributed by atoms with E-state index in [9.17, 15) is 9.90 Å². The standard InChI is InChI=1S/C18H21N3O2S/c1-11-19-17-15(16(24-11)12-7-9-14(22)10-8-12)18(23)20-21(17)13-5-3-2-4-6-13/h7-10,13,16,22H,2-6H2,1H3,(H,20,23). The molecular weight excluding hydrogens is 322 g/mol. The molecule has 1 aromatic heterocycles. The highest BCUT2D eigenvalue weighted by Crippen LogP contribution is 2.45. The number of H-pyrrole nitrogens is 1. The van der Waals surface area contributed by atoms with Crippen LogP contribution >= 0.6 is 11.8 Å². The lowest BCUT2D eigenvalue weighted by atomic mass is 9.95. The molecule has 1 atom stereocenters. The van der Waals surface area contributed by atoms with Crippen LogP contribution in [-0.4, -0.2) is 19.9 Å². The number of aromatic hydroxyl groups is 1. The second-order valence-corrected chi connectivity index (χ2v) is 7.86. The van der Waals surface area contributed by atoms with Crippen molar-refractivity contribution in [2.24, 2.45) is 4.99 Å². The molecule has 2 aliphatic rings. The van der Waals surface area contributed by atoms with Gasteiger partial charge in [0.2, 0.25) is 0 Å². The van der Waals surface area contributed by atoms with E-state index in [1.165, 1.54) is 19.3 Å². The molecule has 1 aromatic carbocycles. The Morgan fingerprint density at radius 3 is 2.62 bits per heavy atom. The number of aromatic nitrogens is 2. The number of aromatic amines is 1. The van der Waals surface area contributed by atoms with Gasteiger partial charge in [-0.05, 0) is 37.5 Å². The molecule has 1 fully saturated rings. The second kappa shape index (κ2) is 6.16. The summed E-state index contributed by atoms with van der Waals surface area (Å²) in [6, 6.07) is 7.45. The van der Waals surface area contributed by atoms with Gasteiger partial charge >= 0.3 is 0 Å². The quantitative estimate of drug-likeness (QED) is 0.855.